The number of nitrogens with zero attached hydrogens (tertiary/aromatic N) is 1. The Bertz CT molecular complexity index is 622. The summed E-state index contributed by atoms with van der Waals surface area (Å²) < 4.78 is 0. The van der Waals surface area contributed by atoms with E-state index in [0.29, 0.717) is 0 Å². The first-order valence-electron chi connectivity index (χ1n) is 7.59. The van der Waals surface area contributed by atoms with Gasteiger partial charge in [-0.15, -0.1) is 11.3 Å². The second-order valence-corrected chi connectivity index (χ2v) is 6.66. The first kappa shape index (κ1) is 14.3. The molecule has 4 heteroatoms. The molecular weight excluding hydrogens is 280 g/mol. The molecule has 0 aliphatic heterocycles. The normalized spacial score (nSPS) is 14.9. The maximum Gasteiger partial charge on any atom is 0.257 e. The maximum atomic E-state index is 12.3. The van der Waals surface area contributed by atoms with Crippen LogP contribution in [0.2, 0.25) is 0 Å². The molecule has 3 nitrogen and oxygen atoms in total. The summed E-state index contributed by atoms with van der Waals surface area (Å²) in [6.45, 7) is 1.95. The topological polar surface area (TPSA) is 42.0 Å². The van der Waals surface area contributed by atoms with Gasteiger partial charge in [0.2, 0.25) is 0 Å². The van der Waals surface area contributed by atoms with Crippen molar-refractivity contribution in [3.8, 4) is 0 Å². The SMILES string of the molecule is Cc1ccccc1C(=O)Nc1nc2c(s1)CCCCCC2. The van der Waals surface area contributed by atoms with Crippen LogP contribution < -0.4 is 5.32 Å². The number of aromatic nitrogens is 1. The molecule has 1 aliphatic carbocycles. The van der Waals surface area contributed by atoms with Gasteiger partial charge in [0.05, 0.1) is 5.69 Å². The molecule has 3 rings (SSSR count). The second kappa shape index (κ2) is 6.39. The Morgan fingerprint density at radius 3 is 2.71 bits per heavy atom. The molecule has 21 heavy (non-hydrogen) atoms. The van der Waals surface area contributed by atoms with Crippen LogP contribution in [0.1, 0.15) is 52.2 Å². The fraction of sp³-hybridized carbons (Fsp3) is 0.412. The summed E-state index contributed by atoms with van der Waals surface area (Å²) in [5.41, 5.74) is 2.91. The molecule has 0 atom stereocenters. The van der Waals surface area contributed by atoms with E-state index in [-0.39, 0.29) is 5.91 Å². The Morgan fingerprint density at radius 2 is 1.90 bits per heavy atom. The van der Waals surface area contributed by atoms with E-state index in [1.165, 1.54) is 36.3 Å². The smallest absolute Gasteiger partial charge is 0.257 e. The standard InChI is InChI=1S/C17H20N2OS/c1-12-8-6-7-9-13(12)16(20)19-17-18-14-10-4-2-3-5-11-15(14)21-17/h6-9H,2-5,10-11H2,1H3,(H,18,19,20). The van der Waals surface area contributed by atoms with E-state index in [1.807, 2.05) is 31.2 Å². The van der Waals surface area contributed by atoms with Crippen molar-refractivity contribution in [1.29, 1.82) is 0 Å². The minimum absolute atomic E-state index is 0.0604. The average Bonchev–Trinajstić information content (AvgIpc) is 2.80. The number of thiazole rings is 1. The lowest BCUT2D eigenvalue weighted by molar-refractivity contribution is 0.102. The van der Waals surface area contributed by atoms with E-state index in [1.54, 1.807) is 11.3 Å². The highest BCUT2D eigenvalue weighted by molar-refractivity contribution is 7.15. The van der Waals surface area contributed by atoms with Gasteiger partial charge in [0, 0.05) is 10.4 Å². The molecule has 0 unspecified atom stereocenters. The molecule has 0 spiro atoms. The zero-order valence-corrected chi connectivity index (χ0v) is 13.1. The van der Waals surface area contributed by atoms with Gasteiger partial charge in [-0.2, -0.15) is 0 Å². The summed E-state index contributed by atoms with van der Waals surface area (Å²) in [5.74, 6) is -0.0604. The van der Waals surface area contributed by atoms with Crippen LogP contribution in [0.15, 0.2) is 24.3 Å². The van der Waals surface area contributed by atoms with E-state index in [0.717, 1.165) is 29.1 Å². The highest BCUT2D eigenvalue weighted by Crippen LogP contribution is 2.28. The van der Waals surface area contributed by atoms with Crippen LogP contribution in [0.5, 0.6) is 0 Å². The van der Waals surface area contributed by atoms with Crippen LogP contribution >= 0.6 is 11.3 Å². The van der Waals surface area contributed by atoms with Crippen molar-refractivity contribution in [1.82, 2.24) is 4.98 Å². The highest BCUT2D eigenvalue weighted by atomic mass is 32.1. The van der Waals surface area contributed by atoms with Gasteiger partial charge in [0.15, 0.2) is 5.13 Å². The van der Waals surface area contributed by atoms with Crippen molar-refractivity contribution in [2.24, 2.45) is 0 Å². The number of fused-ring (bicyclic) bond motifs is 1. The van der Waals surface area contributed by atoms with Crippen LogP contribution in [0, 0.1) is 6.92 Å². The Morgan fingerprint density at radius 1 is 1.14 bits per heavy atom. The van der Waals surface area contributed by atoms with E-state index < -0.39 is 0 Å². The lowest BCUT2D eigenvalue weighted by Gasteiger charge is -2.06. The molecule has 1 aliphatic rings. The number of nitrogens with one attached hydrogen (secondary N) is 1. The van der Waals surface area contributed by atoms with Crippen molar-refractivity contribution in [3.63, 3.8) is 0 Å². The molecule has 1 heterocycles. The average molecular weight is 300 g/mol. The van der Waals surface area contributed by atoms with Crippen molar-refractivity contribution < 1.29 is 4.79 Å². The van der Waals surface area contributed by atoms with Crippen LogP contribution in [-0.2, 0) is 12.8 Å². The predicted octanol–water partition coefficient (Wildman–Crippen LogP) is 4.36. The Kier molecular flexibility index (Phi) is 4.34. The monoisotopic (exact) mass is 300 g/mol. The van der Waals surface area contributed by atoms with Gasteiger partial charge in [-0.3, -0.25) is 10.1 Å². The van der Waals surface area contributed by atoms with Crippen LogP contribution in [0.3, 0.4) is 0 Å². The molecule has 1 aromatic carbocycles. The molecule has 2 aromatic rings. The lowest BCUT2D eigenvalue weighted by atomic mass is 10.0. The Hall–Kier alpha value is -1.68. The maximum absolute atomic E-state index is 12.3. The summed E-state index contributed by atoms with van der Waals surface area (Å²) in [5, 5.41) is 3.71. The van der Waals surface area contributed by atoms with Gasteiger partial charge >= 0.3 is 0 Å². The third-order valence-electron chi connectivity index (χ3n) is 3.96. The summed E-state index contributed by atoms with van der Waals surface area (Å²) in [6, 6.07) is 7.65. The quantitative estimate of drug-likeness (QED) is 0.895. The molecule has 0 saturated heterocycles. The Labute approximate surface area is 129 Å². The molecule has 1 amide bonds. The molecule has 1 N–H and O–H groups in total. The van der Waals surface area contributed by atoms with Gasteiger partial charge in [0.1, 0.15) is 0 Å². The minimum Gasteiger partial charge on any atom is -0.298 e. The number of rotatable bonds is 2. The molecule has 0 bridgehead atoms. The summed E-state index contributed by atoms with van der Waals surface area (Å²) in [7, 11) is 0. The molecule has 0 saturated carbocycles. The van der Waals surface area contributed by atoms with E-state index >= 15 is 0 Å². The predicted molar refractivity (Wildman–Crippen MR) is 87.1 cm³/mol. The van der Waals surface area contributed by atoms with Gasteiger partial charge in [-0.05, 0) is 44.2 Å². The van der Waals surface area contributed by atoms with Gasteiger partial charge in [-0.1, -0.05) is 31.0 Å². The number of benzene rings is 1. The summed E-state index contributed by atoms with van der Waals surface area (Å²) >= 11 is 1.64. The lowest BCUT2D eigenvalue weighted by Crippen LogP contribution is -2.13. The molecule has 1 aromatic heterocycles. The zero-order valence-electron chi connectivity index (χ0n) is 12.3. The van der Waals surface area contributed by atoms with Gasteiger partial charge < -0.3 is 0 Å². The van der Waals surface area contributed by atoms with E-state index in [2.05, 4.69) is 10.3 Å². The number of anilines is 1. The fourth-order valence-corrected chi connectivity index (χ4v) is 3.80. The third-order valence-corrected chi connectivity index (χ3v) is 5.03. The number of aryl methyl sites for hydroxylation is 3. The molecule has 0 radical (unpaired) electrons. The number of hydrogen-bond acceptors (Lipinski definition) is 3. The molecule has 0 fully saturated rings. The Balaban J connectivity index is 1.77. The van der Waals surface area contributed by atoms with Crippen LogP contribution in [0.25, 0.3) is 0 Å². The van der Waals surface area contributed by atoms with E-state index in [4.69, 9.17) is 0 Å². The first-order chi connectivity index (χ1) is 10.2. The van der Waals surface area contributed by atoms with E-state index in [9.17, 15) is 4.79 Å². The first-order valence-corrected chi connectivity index (χ1v) is 8.41. The van der Waals surface area contributed by atoms with Crippen LogP contribution in [-0.4, -0.2) is 10.9 Å². The van der Waals surface area contributed by atoms with Crippen molar-refractivity contribution >= 4 is 22.4 Å². The summed E-state index contributed by atoms with van der Waals surface area (Å²) in [6.07, 6.45) is 7.20. The largest absolute Gasteiger partial charge is 0.298 e. The van der Waals surface area contributed by atoms with Crippen molar-refractivity contribution in [2.75, 3.05) is 5.32 Å². The zero-order chi connectivity index (χ0) is 14.7. The third kappa shape index (κ3) is 3.32. The number of hydrogen-bond donors (Lipinski definition) is 1. The fourth-order valence-electron chi connectivity index (χ4n) is 2.75. The van der Waals surface area contributed by atoms with Gasteiger partial charge in [-0.25, -0.2) is 4.98 Å². The highest BCUT2D eigenvalue weighted by Gasteiger charge is 2.16. The number of amides is 1. The molecule has 110 valence electrons. The van der Waals surface area contributed by atoms with Crippen LogP contribution in [0.4, 0.5) is 5.13 Å². The van der Waals surface area contributed by atoms with Crippen molar-refractivity contribution in [2.45, 2.75) is 45.4 Å². The number of carbonyl (C=O) groups is 1. The van der Waals surface area contributed by atoms with Gasteiger partial charge in [0.25, 0.3) is 5.91 Å². The second-order valence-electron chi connectivity index (χ2n) is 5.57. The molecular formula is C17H20N2OS. The summed E-state index contributed by atoms with van der Waals surface area (Å²) in [4.78, 5) is 18.3. The van der Waals surface area contributed by atoms with Crippen molar-refractivity contribution in [3.05, 3.63) is 46.0 Å². The minimum atomic E-state index is -0.0604. The number of carbonyl (C=O) groups excluding carboxylic acids is 1.